The molecule has 0 saturated carbocycles. The number of rotatable bonds is 1. The van der Waals surface area contributed by atoms with E-state index in [1.165, 1.54) is 0 Å². The monoisotopic (exact) mass is 181 g/mol. The van der Waals surface area contributed by atoms with E-state index in [1.54, 1.807) is 0 Å². The third-order valence-corrected chi connectivity index (χ3v) is 1.22. The second kappa shape index (κ2) is 2.58. The van der Waals surface area contributed by atoms with E-state index in [1.807, 2.05) is 0 Å². The number of nitrogens with zero attached hydrogens (tertiary/aromatic N) is 7. The molecule has 0 bridgehead atoms. The molecule has 1 amide bonds. The highest BCUT2D eigenvalue weighted by Gasteiger charge is 2.15. The van der Waals surface area contributed by atoms with Gasteiger partial charge in [-0.1, -0.05) is 0 Å². The Balaban J connectivity index is 2.52. The SMILES string of the molecule is NC(=O)n1nnnc1-c1nn[nH]n1. The Morgan fingerprint density at radius 1 is 1.46 bits per heavy atom. The normalized spacial score (nSPS) is 10.2. The summed E-state index contributed by atoms with van der Waals surface area (Å²) < 4.78 is 0.769. The van der Waals surface area contributed by atoms with Gasteiger partial charge in [0.15, 0.2) is 0 Å². The van der Waals surface area contributed by atoms with E-state index in [4.69, 9.17) is 5.73 Å². The summed E-state index contributed by atoms with van der Waals surface area (Å²) in [5.41, 5.74) is 4.96. The van der Waals surface area contributed by atoms with Crippen molar-refractivity contribution in [2.24, 2.45) is 5.73 Å². The molecule has 0 aliphatic carbocycles. The van der Waals surface area contributed by atoms with Gasteiger partial charge >= 0.3 is 6.03 Å². The minimum atomic E-state index is -0.815. The largest absolute Gasteiger partial charge is 0.350 e. The van der Waals surface area contributed by atoms with E-state index >= 15 is 0 Å². The summed E-state index contributed by atoms with van der Waals surface area (Å²) in [6.45, 7) is 0. The van der Waals surface area contributed by atoms with Crippen molar-refractivity contribution in [1.82, 2.24) is 40.8 Å². The van der Waals surface area contributed by atoms with Gasteiger partial charge in [-0.15, -0.1) is 20.0 Å². The number of aromatic nitrogens is 8. The van der Waals surface area contributed by atoms with E-state index in [2.05, 4.69) is 36.1 Å². The second-order valence-electron chi connectivity index (χ2n) is 1.99. The molecular formula is C3H3N9O. The van der Waals surface area contributed by atoms with E-state index in [0.29, 0.717) is 0 Å². The van der Waals surface area contributed by atoms with Gasteiger partial charge < -0.3 is 5.73 Å². The topological polar surface area (TPSA) is 141 Å². The first kappa shape index (κ1) is 7.27. The highest BCUT2D eigenvalue weighted by atomic mass is 16.2. The van der Waals surface area contributed by atoms with Crippen molar-refractivity contribution in [3.05, 3.63) is 0 Å². The van der Waals surface area contributed by atoms with E-state index < -0.39 is 6.03 Å². The number of H-pyrrole nitrogens is 1. The van der Waals surface area contributed by atoms with E-state index in [-0.39, 0.29) is 11.6 Å². The van der Waals surface area contributed by atoms with Gasteiger partial charge in [-0.2, -0.15) is 5.21 Å². The van der Waals surface area contributed by atoms with Crippen LogP contribution in [0.2, 0.25) is 0 Å². The van der Waals surface area contributed by atoms with Gasteiger partial charge in [0, 0.05) is 0 Å². The van der Waals surface area contributed by atoms with Gasteiger partial charge in [0.25, 0.3) is 0 Å². The Kier molecular flexibility index (Phi) is 1.44. The van der Waals surface area contributed by atoms with Gasteiger partial charge in [0.1, 0.15) is 0 Å². The zero-order valence-electron chi connectivity index (χ0n) is 6.12. The molecule has 2 aromatic rings. The summed E-state index contributed by atoms with van der Waals surface area (Å²) in [5, 5.41) is 22.7. The molecule has 10 nitrogen and oxygen atoms in total. The Bertz CT molecular complexity index is 414. The zero-order chi connectivity index (χ0) is 9.26. The summed E-state index contributed by atoms with van der Waals surface area (Å²) in [4.78, 5) is 10.7. The van der Waals surface area contributed by atoms with Crippen LogP contribution in [0.1, 0.15) is 0 Å². The predicted molar refractivity (Wildman–Crippen MR) is 36.0 cm³/mol. The molecule has 0 spiro atoms. The summed E-state index contributed by atoms with van der Waals surface area (Å²) in [6, 6.07) is -0.815. The van der Waals surface area contributed by atoms with Crippen LogP contribution in [0, 0.1) is 0 Å². The Labute approximate surface area is 70.1 Å². The number of carbonyl (C=O) groups is 1. The molecule has 2 heterocycles. The van der Waals surface area contributed by atoms with Crippen LogP contribution < -0.4 is 5.73 Å². The van der Waals surface area contributed by atoms with E-state index in [9.17, 15) is 4.79 Å². The average Bonchev–Trinajstić information content (AvgIpc) is 2.74. The first-order chi connectivity index (χ1) is 6.29. The van der Waals surface area contributed by atoms with Gasteiger partial charge in [-0.3, -0.25) is 0 Å². The molecular weight excluding hydrogens is 178 g/mol. The van der Waals surface area contributed by atoms with Crippen LogP contribution in [-0.2, 0) is 0 Å². The number of hydrogen-bond donors (Lipinski definition) is 2. The fraction of sp³-hybridized carbons (Fsp3) is 0. The molecule has 10 heteroatoms. The van der Waals surface area contributed by atoms with Crippen molar-refractivity contribution in [1.29, 1.82) is 0 Å². The minimum absolute atomic E-state index is 0.0428. The van der Waals surface area contributed by atoms with Crippen LogP contribution in [0.5, 0.6) is 0 Å². The quantitative estimate of drug-likeness (QED) is 0.474. The predicted octanol–water partition coefficient (Wildman–Crippen LogP) is -2.22. The molecule has 0 fully saturated rings. The van der Waals surface area contributed by atoms with Crippen LogP contribution in [0.15, 0.2) is 0 Å². The second-order valence-corrected chi connectivity index (χ2v) is 1.99. The number of hydrogen-bond acceptors (Lipinski definition) is 7. The Morgan fingerprint density at radius 2 is 2.31 bits per heavy atom. The van der Waals surface area contributed by atoms with Gasteiger partial charge in [-0.05, 0) is 15.6 Å². The average molecular weight is 181 g/mol. The first-order valence-corrected chi connectivity index (χ1v) is 3.11. The van der Waals surface area contributed by atoms with Crippen molar-refractivity contribution in [2.45, 2.75) is 0 Å². The number of primary amides is 1. The number of nitrogens with one attached hydrogen (secondary N) is 1. The molecule has 66 valence electrons. The fourth-order valence-corrected chi connectivity index (χ4v) is 0.732. The lowest BCUT2D eigenvalue weighted by molar-refractivity contribution is 0.247. The van der Waals surface area contributed by atoms with Crippen LogP contribution in [0.4, 0.5) is 4.79 Å². The zero-order valence-corrected chi connectivity index (χ0v) is 6.12. The van der Waals surface area contributed by atoms with Crippen LogP contribution in [-0.4, -0.2) is 46.9 Å². The molecule has 3 N–H and O–H groups in total. The third-order valence-electron chi connectivity index (χ3n) is 1.22. The lowest BCUT2D eigenvalue weighted by Gasteiger charge is -1.91. The lowest BCUT2D eigenvalue weighted by atomic mass is 10.6. The van der Waals surface area contributed by atoms with Gasteiger partial charge in [0.05, 0.1) is 0 Å². The van der Waals surface area contributed by atoms with Crippen molar-refractivity contribution in [3.8, 4) is 11.6 Å². The number of nitrogens with two attached hydrogens (primary N) is 1. The molecule has 0 radical (unpaired) electrons. The maximum atomic E-state index is 10.7. The molecule has 13 heavy (non-hydrogen) atoms. The summed E-state index contributed by atoms with van der Waals surface area (Å²) >= 11 is 0. The van der Waals surface area contributed by atoms with Crippen molar-refractivity contribution in [3.63, 3.8) is 0 Å². The molecule has 0 aliphatic rings. The number of carbonyl (C=O) groups excluding carboxylic acids is 1. The van der Waals surface area contributed by atoms with Crippen LogP contribution in [0.3, 0.4) is 0 Å². The Morgan fingerprint density at radius 3 is 2.92 bits per heavy atom. The van der Waals surface area contributed by atoms with Crippen molar-refractivity contribution < 1.29 is 4.79 Å². The van der Waals surface area contributed by atoms with Gasteiger partial charge in [0.2, 0.25) is 11.6 Å². The fourth-order valence-electron chi connectivity index (χ4n) is 0.732. The van der Waals surface area contributed by atoms with Crippen LogP contribution >= 0.6 is 0 Å². The standard InChI is InChI=1S/C3H3N9O/c4-3(13)12-2(7-10-11-12)1-5-8-9-6-1/h(H2,4,13)(H,5,6,8,9). The van der Waals surface area contributed by atoms with Crippen LogP contribution in [0.25, 0.3) is 11.6 Å². The third kappa shape index (κ3) is 1.09. The lowest BCUT2D eigenvalue weighted by Crippen LogP contribution is -2.22. The summed E-state index contributed by atoms with van der Waals surface area (Å²) in [6.07, 6.45) is 0. The Hall–Kier alpha value is -2.39. The first-order valence-electron chi connectivity index (χ1n) is 3.11. The number of amides is 1. The highest BCUT2D eigenvalue weighted by molar-refractivity contribution is 5.76. The molecule has 0 aliphatic heterocycles. The number of aromatic amines is 1. The molecule has 2 aromatic heterocycles. The molecule has 0 aromatic carbocycles. The number of tetrazole rings is 2. The maximum Gasteiger partial charge on any atom is 0.343 e. The maximum absolute atomic E-state index is 10.7. The summed E-state index contributed by atoms with van der Waals surface area (Å²) in [7, 11) is 0. The smallest absolute Gasteiger partial charge is 0.343 e. The minimum Gasteiger partial charge on any atom is -0.350 e. The van der Waals surface area contributed by atoms with Crippen molar-refractivity contribution >= 4 is 6.03 Å². The van der Waals surface area contributed by atoms with E-state index in [0.717, 1.165) is 4.68 Å². The highest BCUT2D eigenvalue weighted by Crippen LogP contribution is 2.05. The molecule has 0 saturated heterocycles. The summed E-state index contributed by atoms with van der Waals surface area (Å²) in [5.74, 6) is 0.144. The molecule has 2 rings (SSSR count). The van der Waals surface area contributed by atoms with Crippen molar-refractivity contribution in [2.75, 3.05) is 0 Å². The molecule has 0 unspecified atom stereocenters. The van der Waals surface area contributed by atoms with Gasteiger partial charge in [-0.25, -0.2) is 4.79 Å². The molecule has 0 atom stereocenters.